The van der Waals surface area contributed by atoms with E-state index in [1.54, 1.807) is 44.5 Å². The number of methoxy groups -OCH3 is 1. The Morgan fingerprint density at radius 2 is 1.75 bits per heavy atom. The molecule has 44 heavy (non-hydrogen) atoms. The first-order valence-electron chi connectivity index (χ1n) is 15.2. The van der Waals surface area contributed by atoms with Crippen molar-refractivity contribution < 1.29 is 23.8 Å². The van der Waals surface area contributed by atoms with Gasteiger partial charge < -0.3 is 30.2 Å². The third-order valence-electron chi connectivity index (χ3n) is 8.38. The number of benzene rings is 2. The van der Waals surface area contributed by atoms with E-state index in [2.05, 4.69) is 44.0 Å². The van der Waals surface area contributed by atoms with Crippen LogP contribution < -0.4 is 20.7 Å². The molecule has 238 valence electrons. The molecule has 1 aliphatic heterocycles. The Bertz CT molecular complexity index is 1320. The number of primary amides is 1. The summed E-state index contributed by atoms with van der Waals surface area (Å²) in [6.07, 6.45) is 6.30. The molecule has 0 radical (unpaired) electrons. The van der Waals surface area contributed by atoms with Crippen LogP contribution in [0.3, 0.4) is 0 Å². The number of amides is 2. The summed E-state index contributed by atoms with van der Waals surface area (Å²) in [7, 11) is 3.28. The van der Waals surface area contributed by atoms with E-state index in [-0.39, 0.29) is 35.0 Å². The van der Waals surface area contributed by atoms with Gasteiger partial charge in [-0.3, -0.25) is 9.59 Å². The number of hydrogen-bond donors (Lipinski definition) is 2. The first-order chi connectivity index (χ1) is 20.8. The Hall–Kier alpha value is -3.87. The molecular formula is C35H48N4O5. The molecule has 0 aromatic heterocycles. The van der Waals surface area contributed by atoms with Crippen LogP contribution in [0.1, 0.15) is 75.4 Å². The highest BCUT2D eigenvalue weighted by atomic mass is 16.7. The molecule has 1 heterocycles. The maximum atomic E-state index is 11.4. The van der Waals surface area contributed by atoms with Crippen LogP contribution in [-0.2, 0) is 14.3 Å². The van der Waals surface area contributed by atoms with Gasteiger partial charge in [-0.1, -0.05) is 27.7 Å². The maximum absolute atomic E-state index is 11.4. The molecule has 2 aromatic rings. The molecule has 2 fully saturated rings. The third-order valence-corrected chi connectivity index (χ3v) is 8.38. The summed E-state index contributed by atoms with van der Waals surface area (Å²) < 4.78 is 17.3. The van der Waals surface area contributed by atoms with Crippen LogP contribution >= 0.6 is 0 Å². The average molecular weight is 605 g/mol. The van der Waals surface area contributed by atoms with Gasteiger partial charge in [0.15, 0.2) is 6.29 Å². The van der Waals surface area contributed by atoms with E-state index in [4.69, 9.17) is 25.2 Å². The number of nitrogens with two attached hydrogens (primary N) is 1. The van der Waals surface area contributed by atoms with Crippen molar-refractivity contribution in [3.8, 4) is 11.8 Å². The lowest BCUT2D eigenvalue weighted by atomic mass is 9.53. The fraction of sp³-hybridized carbons (Fsp3) is 0.514. The molecule has 1 aliphatic carbocycles. The maximum Gasteiger partial charge on any atom is 0.248 e. The molecule has 1 atom stereocenters. The Balaban J connectivity index is 0.000000241. The van der Waals surface area contributed by atoms with Gasteiger partial charge in [0.05, 0.1) is 11.6 Å². The SMILES string of the molecule is CCOC(OC)C1CCN(c2ccc(C(N)=O)cc2)CC1.CNC(=O)/C=C\c1cc(C#N)ccc1OC1C(C)(C)CC1(C)C. The van der Waals surface area contributed by atoms with E-state index in [0.717, 1.165) is 43.6 Å². The lowest BCUT2D eigenvalue weighted by molar-refractivity contribution is -0.156. The van der Waals surface area contributed by atoms with E-state index in [1.165, 1.54) is 6.08 Å². The highest BCUT2D eigenvalue weighted by Gasteiger charge is 2.55. The second-order valence-electron chi connectivity index (χ2n) is 12.8. The summed E-state index contributed by atoms with van der Waals surface area (Å²) >= 11 is 0. The van der Waals surface area contributed by atoms with Gasteiger partial charge in [-0.15, -0.1) is 0 Å². The predicted molar refractivity (Wildman–Crippen MR) is 173 cm³/mol. The lowest BCUT2D eigenvalue weighted by Crippen LogP contribution is -2.58. The van der Waals surface area contributed by atoms with Crippen LogP contribution in [-0.4, -0.2) is 58.1 Å². The molecule has 9 heteroatoms. The van der Waals surface area contributed by atoms with E-state index in [1.807, 2.05) is 25.1 Å². The summed E-state index contributed by atoms with van der Waals surface area (Å²) in [5.41, 5.74) is 8.44. The van der Waals surface area contributed by atoms with E-state index >= 15 is 0 Å². The highest BCUT2D eigenvalue weighted by molar-refractivity contribution is 5.93. The van der Waals surface area contributed by atoms with Crippen molar-refractivity contribution in [2.45, 2.75) is 66.3 Å². The second kappa shape index (κ2) is 15.2. The van der Waals surface area contributed by atoms with Crippen LogP contribution in [0, 0.1) is 28.1 Å². The molecule has 4 rings (SSSR count). The number of carbonyl (C=O) groups excluding carboxylic acids is 2. The van der Waals surface area contributed by atoms with Crippen molar-refractivity contribution in [1.29, 1.82) is 5.26 Å². The van der Waals surface area contributed by atoms with Crippen molar-refractivity contribution in [2.24, 2.45) is 22.5 Å². The Labute approximate surface area is 262 Å². The minimum atomic E-state index is -0.389. The Morgan fingerprint density at radius 1 is 1.11 bits per heavy atom. The van der Waals surface area contributed by atoms with Gasteiger partial charge in [-0.2, -0.15) is 5.26 Å². The zero-order valence-corrected chi connectivity index (χ0v) is 27.2. The van der Waals surface area contributed by atoms with Gasteiger partial charge in [0.1, 0.15) is 11.9 Å². The van der Waals surface area contributed by atoms with Crippen molar-refractivity contribution >= 4 is 23.6 Å². The minimum Gasteiger partial charge on any atom is -0.489 e. The molecule has 2 aromatic carbocycles. The van der Waals surface area contributed by atoms with Gasteiger partial charge in [0, 0.05) is 73.5 Å². The first kappa shape index (κ1) is 34.6. The number of piperidine rings is 1. The molecular weight excluding hydrogens is 556 g/mol. The predicted octanol–water partition coefficient (Wildman–Crippen LogP) is 5.53. The zero-order chi connectivity index (χ0) is 32.5. The summed E-state index contributed by atoms with van der Waals surface area (Å²) in [4.78, 5) is 24.8. The number of likely N-dealkylation sites (N-methyl/N-ethyl adjacent to an activating group) is 1. The molecule has 0 bridgehead atoms. The zero-order valence-electron chi connectivity index (χ0n) is 27.2. The van der Waals surface area contributed by atoms with E-state index < -0.39 is 0 Å². The summed E-state index contributed by atoms with van der Waals surface area (Å²) in [6, 6.07) is 14.9. The van der Waals surface area contributed by atoms with Crippen molar-refractivity contribution in [3.05, 3.63) is 65.2 Å². The molecule has 0 spiro atoms. The van der Waals surface area contributed by atoms with Gasteiger partial charge in [-0.05, 0) is 74.7 Å². The molecule has 9 nitrogen and oxygen atoms in total. The molecule has 3 N–H and O–H groups in total. The number of hydrogen-bond acceptors (Lipinski definition) is 7. The van der Waals surface area contributed by atoms with Crippen LogP contribution in [0.2, 0.25) is 0 Å². The normalized spacial score (nSPS) is 18.4. The Kier molecular flexibility index (Phi) is 12.0. The number of nitrogens with one attached hydrogen (secondary N) is 1. The van der Waals surface area contributed by atoms with Crippen LogP contribution in [0.5, 0.6) is 5.75 Å². The summed E-state index contributed by atoms with van der Waals surface area (Å²) in [5.74, 6) is 0.564. The van der Waals surface area contributed by atoms with Crippen LogP contribution in [0.15, 0.2) is 48.5 Å². The van der Waals surface area contributed by atoms with E-state index in [0.29, 0.717) is 29.4 Å². The van der Waals surface area contributed by atoms with Crippen molar-refractivity contribution in [3.63, 3.8) is 0 Å². The lowest BCUT2D eigenvalue weighted by Gasteiger charge is -2.56. The van der Waals surface area contributed by atoms with Gasteiger partial charge in [-0.25, -0.2) is 0 Å². The van der Waals surface area contributed by atoms with Gasteiger partial charge in [0.25, 0.3) is 0 Å². The van der Waals surface area contributed by atoms with Gasteiger partial charge in [0.2, 0.25) is 11.8 Å². The van der Waals surface area contributed by atoms with Gasteiger partial charge >= 0.3 is 0 Å². The Morgan fingerprint density at radius 3 is 2.25 bits per heavy atom. The first-order valence-corrected chi connectivity index (χ1v) is 15.2. The molecule has 1 unspecified atom stereocenters. The molecule has 2 amide bonds. The fourth-order valence-corrected chi connectivity index (χ4v) is 6.66. The number of ether oxygens (including phenoxy) is 3. The van der Waals surface area contributed by atoms with Crippen molar-refractivity contribution in [2.75, 3.05) is 38.8 Å². The number of rotatable bonds is 10. The van der Waals surface area contributed by atoms with Crippen molar-refractivity contribution in [1.82, 2.24) is 5.32 Å². The fourth-order valence-electron chi connectivity index (χ4n) is 6.66. The number of nitriles is 1. The summed E-state index contributed by atoms with van der Waals surface area (Å²) in [5, 5.41) is 11.6. The third kappa shape index (κ3) is 8.84. The molecule has 2 aliphatic rings. The smallest absolute Gasteiger partial charge is 0.248 e. The molecule has 1 saturated heterocycles. The number of anilines is 1. The minimum absolute atomic E-state index is 0.0927. The van der Waals surface area contributed by atoms with Crippen LogP contribution in [0.25, 0.3) is 6.08 Å². The largest absolute Gasteiger partial charge is 0.489 e. The van der Waals surface area contributed by atoms with E-state index in [9.17, 15) is 9.59 Å². The highest BCUT2D eigenvalue weighted by Crippen LogP contribution is 2.55. The quantitative estimate of drug-likeness (QED) is 0.270. The monoisotopic (exact) mass is 604 g/mol. The van der Waals surface area contributed by atoms with Crippen LogP contribution in [0.4, 0.5) is 5.69 Å². The molecule has 1 saturated carbocycles. The number of nitrogens with zero attached hydrogens (tertiary/aromatic N) is 2. The second-order valence-corrected chi connectivity index (χ2v) is 12.8. The summed E-state index contributed by atoms with van der Waals surface area (Å²) in [6.45, 7) is 13.4. The average Bonchev–Trinajstić information content (AvgIpc) is 3.01. The standard InChI is InChI=1S/C19H24N2O2.C16H24N2O3/c1-18(2)12-19(3,4)17(18)23-15-8-6-13(11-20)10-14(15)7-9-16(22)21-5;1-3-21-16(20-2)13-8-10-18(11-9-13)14-6-4-12(5-7-14)15(17)19/h6-10,17H,12H2,1-5H3,(H,21,22);4-7,13,16H,3,8-11H2,1-2H3,(H2,17,19)/b9-7-;. The topological polar surface area (TPSA) is 127 Å². The number of carbonyl (C=O) groups is 2.